The van der Waals surface area contributed by atoms with Crippen LogP contribution in [0.4, 0.5) is 11.4 Å². The topological polar surface area (TPSA) is 111 Å². The second kappa shape index (κ2) is 7.95. The van der Waals surface area contributed by atoms with Gasteiger partial charge in [0.2, 0.25) is 5.91 Å². The molecule has 9 heteroatoms. The lowest BCUT2D eigenvalue weighted by Gasteiger charge is -2.39. The highest BCUT2D eigenvalue weighted by Gasteiger charge is 2.71. The molecule has 2 bridgehead atoms. The Morgan fingerprint density at radius 3 is 2.42 bits per heavy atom. The van der Waals surface area contributed by atoms with Crippen LogP contribution >= 0.6 is 11.6 Å². The molecule has 4 rings (SSSR count). The lowest BCUT2D eigenvalue weighted by molar-refractivity contribution is -0.383. The SMILES string of the molecule is CC12CCC(C(=O)Nc3ccccc3[N+](=O)[O-])(C/C1=N\OC(=O)c1ccc(Cl)cc1)C2(C)C. The number of nitro groups is 1. The van der Waals surface area contributed by atoms with Crippen molar-refractivity contribution in [2.45, 2.75) is 40.0 Å². The summed E-state index contributed by atoms with van der Waals surface area (Å²) in [4.78, 5) is 42.1. The van der Waals surface area contributed by atoms with Crippen molar-refractivity contribution in [1.29, 1.82) is 0 Å². The number of hydrogen-bond donors (Lipinski definition) is 1. The minimum Gasteiger partial charge on any atom is -0.320 e. The van der Waals surface area contributed by atoms with Gasteiger partial charge in [0.25, 0.3) is 5.69 Å². The molecule has 0 radical (unpaired) electrons. The van der Waals surface area contributed by atoms with Crippen LogP contribution in [0.2, 0.25) is 5.02 Å². The van der Waals surface area contributed by atoms with Crippen molar-refractivity contribution in [3.8, 4) is 0 Å². The van der Waals surface area contributed by atoms with Gasteiger partial charge in [-0.1, -0.05) is 49.7 Å². The van der Waals surface area contributed by atoms with Gasteiger partial charge < -0.3 is 10.2 Å². The standard InChI is InChI=1S/C24H24ClN3O5/c1-22(2)23(3)12-13-24(22,21(30)26-17-6-4-5-7-18(17)28(31)32)14-19(23)27-33-20(29)15-8-10-16(25)11-9-15/h4-11H,12-14H2,1-3H3,(H,26,30)/b27-19+. The summed E-state index contributed by atoms with van der Waals surface area (Å²) in [5.41, 5.74) is -0.863. The van der Waals surface area contributed by atoms with Crippen LogP contribution < -0.4 is 5.32 Å². The Morgan fingerprint density at radius 2 is 1.76 bits per heavy atom. The molecule has 2 aliphatic rings. The van der Waals surface area contributed by atoms with E-state index in [1.54, 1.807) is 36.4 Å². The van der Waals surface area contributed by atoms with E-state index in [1.807, 2.05) is 20.8 Å². The van der Waals surface area contributed by atoms with Crippen molar-refractivity contribution < 1.29 is 19.3 Å². The Hall–Kier alpha value is -3.26. The molecule has 2 aliphatic carbocycles. The molecule has 2 saturated carbocycles. The zero-order valence-corrected chi connectivity index (χ0v) is 19.3. The third-order valence-corrected chi connectivity index (χ3v) is 8.09. The number of halogens is 1. The molecule has 0 spiro atoms. The zero-order valence-electron chi connectivity index (χ0n) is 18.6. The number of oxime groups is 1. The summed E-state index contributed by atoms with van der Waals surface area (Å²) >= 11 is 5.86. The van der Waals surface area contributed by atoms with Crippen molar-refractivity contribution in [1.82, 2.24) is 0 Å². The number of benzene rings is 2. The van der Waals surface area contributed by atoms with E-state index in [0.717, 1.165) is 0 Å². The van der Waals surface area contributed by atoms with E-state index >= 15 is 0 Å². The number of hydrogen-bond acceptors (Lipinski definition) is 6. The van der Waals surface area contributed by atoms with Gasteiger partial charge in [0, 0.05) is 22.9 Å². The highest BCUT2D eigenvalue weighted by atomic mass is 35.5. The van der Waals surface area contributed by atoms with E-state index in [0.29, 0.717) is 35.6 Å². The first kappa shape index (κ1) is 22.9. The lowest BCUT2D eigenvalue weighted by atomic mass is 9.64. The molecule has 0 aromatic heterocycles. The number of rotatable bonds is 5. The first-order chi connectivity index (χ1) is 15.5. The van der Waals surface area contributed by atoms with Gasteiger partial charge in [-0.3, -0.25) is 14.9 Å². The van der Waals surface area contributed by atoms with Gasteiger partial charge in [-0.25, -0.2) is 4.79 Å². The van der Waals surface area contributed by atoms with E-state index < -0.39 is 27.1 Å². The Bertz CT molecular complexity index is 1180. The van der Waals surface area contributed by atoms with Crippen molar-refractivity contribution >= 4 is 40.6 Å². The van der Waals surface area contributed by atoms with E-state index in [9.17, 15) is 19.7 Å². The van der Waals surface area contributed by atoms with E-state index in [2.05, 4.69) is 10.5 Å². The average Bonchev–Trinajstić information content (AvgIpc) is 3.09. The fourth-order valence-corrected chi connectivity index (χ4v) is 5.36. The molecule has 2 fully saturated rings. The number of nitrogens with zero attached hydrogens (tertiary/aromatic N) is 2. The predicted molar refractivity (Wildman–Crippen MR) is 124 cm³/mol. The maximum atomic E-state index is 13.6. The first-order valence-corrected chi connectivity index (χ1v) is 11.0. The average molecular weight is 470 g/mol. The zero-order chi connectivity index (χ0) is 24.0. The van der Waals surface area contributed by atoms with E-state index in [-0.39, 0.29) is 17.3 Å². The molecule has 2 aromatic carbocycles. The molecule has 0 heterocycles. The quantitative estimate of drug-likeness (QED) is 0.347. The number of nitrogens with one attached hydrogen (secondary N) is 1. The molecule has 2 atom stereocenters. The van der Waals surface area contributed by atoms with Crippen molar-refractivity contribution in [2.75, 3.05) is 5.32 Å². The van der Waals surface area contributed by atoms with Crippen LogP contribution in [0.3, 0.4) is 0 Å². The van der Waals surface area contributed by atoms with Gasteiger partial charge in [0.15, 0.2) is 0 Å². The second-order valence-corrected chi connectivity index (χ2v) is 9.80. The molecule has 1 N–H and O–H groups in total. The number of carbonyl (C=O) groups excluding carboxylic acids is 2. The minimum absolute atomic E-state index is 0.158. The molecular weight excluding hydrogens is 446 g/mol. The molecule has 0 aliphatic heterocycles. The van der Waals surface area contributed by atoms with Crippen LogP contribution in [0.25, 0.3) is 0 Å². The molecule has 1 amide bonds. The number of fused-ring (bicyclic) bond motifs is 2. The molecular formula is C24H24ClN3O5. The lowest BCUT2D eigenvalue weighted by Crippen LogP contribution is -2.43. The maximum absolute atomic E-state index is 13.6. The maximum Gasteiger partial charge on any atom is 0.365 e. The van der Waals surface area contributed by atoms with Gasteiger partial charge in [-0.15, -0.1) is 0 Å². The second-order valence-electron chi connectivity index (χ2n) is 9.37. The summed E-state index contributed by atoms with van der Waals surface area (Å²) in [6.45, 7) is 6.03. The molecule has 33 heavy (non-hydrogen) atoms. The Labute approximate surface area is 196 Å². The number of anilines is 1. The van der Waals surface area contributed by atoms with E-state index in [1.165, 1.54) is 12.1 Å². The molecule has 0 saturated heterocycles. The highest BCUT2D eigenvalue weighted by molar-refractivity contribution is 6.30. The number of para-hydroxylation sites is 2. The predicted octanol–water partition coefficient (Wildman–Crippen LogP) is 5.62. The molecule has 2 aromatic rings. The summed E-state index contributed by atoms with van der Waals surface area (Å²) < 4.78 is 0. The molecule has 8 nitrogen and oxygen atoms in total. The Kier molecular flexibility index (Phi) is 5.52. The van der Waals surface area contributed by atoms with Crippen molar-refractivity contribution in [3.05, 3.63) is 69.2 Å². The van der Waals surface area contributed by atoms with Crippen LogP contribution in [0.5, 0.6) is 0 Å². The largest absolute Gasteiger partial charge is 0.365 e. The summed E-state index contributed by atoms with van der Waals surface area (Å²) in [7, 11) is 0. The van der Waals surface area contributed by atoms with Gasteiger partial charge in [-0.2, -0.15) is 0 Å². The van der Waals surface area contributed by atoms with Gasteiger partial charge in [0.05, 0.1) is 21.6 Å². The summed E-state index contributed by atoms with van der Waals surface area (Å²) in [6, 6.07) is 12.4. The van der Waals surface area contributed by atoms with Gasteiger partial charge in [-0.05, 0) is 48.6 Å². The normalized spacial score (nSPS) is 26.2. The number of carbonyl (C=O) groups is 2. The smallest absolute Gasteiger partial charge is 0.320 e. The van der Waals surface area contributed by atoms with Gasteiger partial charge in [0.1, 0.15) is 5.69 Å². The minimum atomic E-state index is -0.836. The van der Waals surface area contributed by atoms with Crippen LogP contribution in [0.15, 0.2) is 53.7 Å². The summed E-state index contributed by atoms with van der Waals surface area (Å²) in [5, 5.41) is 18.9. The van der Waals surface area contributed by atoms with Crippen molar-refractivity contribution in [3.63, 3.8) is 0 Å². The Morgan fingerprint density at radius 1 is 1.09 bits per heavy atom. The summed E-state index contributed by atoms with van der Waals surface area (Å²) in [5.74, 6) is -0.901. The first-order valence-electron chi connectivity index (χ1n) is 10.6. The van der Waals surface area contributed by atoms with Crippen LogP contribution in [-0.2, 0) is 9.63 Å². The van der Waals surface area contributed by atoms with Gasteiger partial charge >= 0.3 is 5.97 Å². The molecule has 2 unspecified atom stereocenters. The fraction of sp³-hybridized carbons (Fsp3) is 0.375. The van der Waals surface area contributed by atoms with Crippen molar-refractivity contribution in [2.24, 2.45) is 21.4 Å². The van der Waals surface area contributed by atoms with Crippen LogP contribution in [0.1, 0.15) is 50.4 Å². The fourth-order valence-electron chi connectivity index (χ4n) is 5.24. The number of nitro benzene ring substituents is 1. The van der Waals surface area contributed by atoms with Crippen LogP contribution in [-0.4, -0.2) is 22.5 Å². The number of amides is 1. The summed E-state index contributed by atoms with van der Waals surface area (Å²) in [6.07, 6.45) is 1.59. The van der Waals surface area contributed by atoms with E-state index in [4.69, 9.17) is 16.4 Å². The third-order valence-electron chi connectivity index (χ3n) is 7.84. The third kappa shape index (κ3) is 3.49. The molecule has 172 valence electrons. The highest BCUT2D eigenvalue weighted by Crippen LogP contribution is 2.71. The monoisotopic (exact) mass is 469 g/mol. The van der Waals surface area contributed by atoms with Crippen LogP contribution in [0, 0.1) is 26.4 Å². The Balaban J connectivity index is 1.60.